The molecule has 0 N–H and O–H groups in total. The van der Waals surface area contributed by atoms with Crippen molar-refractivity contribution in [1.82, 2.24) is 0 Å². The van der Waals surface area contributed by atoms with Crippen molar-refractivity contribution < 1.29 is 4.42 Å². The molecule has 1 nitrogen and oxygen atoms in total. The average Bonchev–Trinajstić information content (AvgIpc) is 2.59. The van der Waals surface area contributed by atoms with Crippen molar-refractivity contribution in [3.05, 3.63) is 18.1 Å². The molecule has 0 amide bonds. The number of aryl methyl sites for hydroxylation is 1. The van der Waals surface area contributed by atoms with Crippen molar-refractivity contribution in [1.29, 1.82) is 0 Å². The van der Waals surface area contributed by atoms with Gasteiger partial charge in [0.05, 0.1) is 6.26 Å². The van der Waals surface area contributed by atoms with Crippen LogP contribution in [0.3, 0.4) is 0 Å². The molecule has 3 heteroatoms. The second-order valence-electron chi connectivity index (χ2n) is 3.49. The van der Waals surface area contributed by atoms with E-state index in [1.54, 1.807) is 6.26 Å². The molecular weight excluding hydrogens is 212 g/mol. The molecule has 0 aliphatic rings. The Bertz CT molecular complexity index is 258. The highest BCUT2D eigenvalue weighted by molar-refractivity contribution is 7.99. The molecular formula is C11H18OS2. The van der Waals surface area contributed by atoms with E-state index in [1.165, 1.54) is 17.7 Å². The first-order valence-electron chi connectivity index (χ1n) is 5.05. The molecule has 14 heavy (non-hydrogen) atoms. The Hall–Kier alpha value is -0.0200. The zero-order valence-electron chi connectivity index (χ0n) is 8.82. The van der Waals surface area contributed by atoms with Gasteiger partial charge in [0.25, 0.3) is 0 Å². The van der Waals surface area contributed by atoms with Crippen LogP contribution in [0, 0.1) is 12.8 Å². The standard InChI is InChI=1S/C11H18OS2/c1-3-4-10(7-13)8-14-11-5-6-12-9(11)2/h5-6,10,13H,3-4,7-8H2,1-2H3. The Balaban J connectivity index is 2.35. The lowest BCUT2D eigenvalue weighted by molar-refractivity contribution is 0.526. The maximum absolute atomic E-state index is 5.25. The normalized spacial score (nSPS) is 13.1. The fraction of sp³-hybridized carbons (Fsp3) is 0.636. The van der Waals surface area contributed by atoms with E-state index >= 15 is 0 Å². The summed E-state index contributed by atoms with van der Waals surface area (Å²) < 4.78 is 5.25. The fourth-order valence-electron chi connectivity index (χ4n) is 1.37. The van der Waals surface area contributed by atoms with E-state index in [1.807, 2.05) is 24.8 Å². The summed E-state index contributed by atoms with van der Waals surface area (Å²) in [5.74, 6) is 3.89. The molecule has 0 saturated carbocycles. The molecule has 0 aliphatic carbocycles. The van der Waals surface area contributed by atoms with Gasteiger partial charge in [-0.2, -0.15) is 12.6 Å². The van der Waals surface area contributed by atoms with Gasteiger partial charge in [-0.1, -0.05) is 13.3 Å². The van der Waals surface area contributed by atoms with Gasteiger partial charge in [0.1, 0.15) is 5.76 Å². The van der Waals surface area contributed by atoms with E-state index in [-0.39, 0.29) is 0 Å². The molecule has 1 atom stereocenters. The van der Waals surface area contributed by atoms with E-state index < -0.39 is 0 Å². The third-order valence-electron chi connectivity index (χ3n) is 2.24. The molecule has 0 bridgehead atoms. The van der Waals surface area contributed by atoms with E-state index in [0.717, 1.165) is 23.2 Å². The van der Waals surface area contributed by atoms with Crippen LogP contribution in [0.25, 0.3) is 0 Å². The lowest BCUT2D eigenvalue weighted by atomic mass is 10.1. The monoisotopic (exact) mass is 230 g/mol. The maximum Gasteiger partial charge on any atom is 0.114 e. The van der Waals surface area contributed by atoms with Crippen LogP contribution in [0.5, 0.6) is 0 Å². The van der Waals surface area contributed by atoms with Crippen LogP contribution in [0.15, 0.2) is 21.6 Å². The van der Waals surface area contributed by atoms with Gasteiger partial charge in [0.2, 0.25) is 0 Å². The number of thioether (sulfide) groups is 1. The molecule has 80 valence electrons. The molecule has 0 saturated heterocycles. The zero-order chi connectivity index (χ0) is 10.4. The fourth-order valence-corrected chi connectivity index (χ4v) is 2.96. The Kier molecular flexibility index (Phi) is 5.56. The van der Waals surface area contributed by atoms with Crippen LogP contribution in [-0.4, -0.2) is 11.5 Å². The third kappa shape index (κ3) is 3.62. The van der Waals surface area contributed by atoms with Crippen LogP contribution in [-0.2, 0) is 0 Å². The van der Waals surface area contributed by atoms with E-state index in [0.29, 0.717) is 0 Å². The van der Waals surface area contributed by atoms with Crippen LogP contribution >= 0.6 is 24.4 Å². The number of hydrogen-bond acceptors (Lipinski definition) is 3. The second kappa shape index (κ2) is 6.46. The highest BCUT2D eigenvalue weighted by Gasteiger charge is 2.08. The van der Waals surface area contributed by atoms with Gasteiger partial charge in [-0.05, 0) is 31.1 Å². The van der Waals surface area contributed by atoms with Gasteiger partial charge < -0.3 is 4.42 Å². The largest absolute Gasteiger partial charge is 0.468 e. The molecule has 1 aromatic rings. The summed E-state index contributed by atoms with van der Waals surface area (Å²) in [6.07, 6.45) is 4.27. The molecule has 0 aliphatic heterocycles. The Morgan fingerprint density at radius 2 is 2.36 bits per heavy atom. The highest BCUT2D eigenvalue weighted by atomic mass is 32.2. The average molecular weight is 230 g/mol. The topological polar surface area (TPSA) is 13.1 Å². The lowest BCUT2D eigenvalue weighted by Crippen LogP contribution is -2.04. The minimum atomic E-state index is 0.725. The number of hydrogen-bond donors (Lipinski definition) is 1. The first-order chi connectivity index (χ1) is 6.77. The predicted octanol–water partition coefficient (Wildman–Crippen LogP) is 4.03. The summed E-state index contributed by atoms with van der Waals surface area (Å²) in [5, 5.41) is 0. The van der Waals surface area contributed by atoms with Crippen molar-refractivity contribution in [2.75, 3.05) is 11.5 Å². The van der Waals surface area contributed by atoms with Crippen LogP contribution in [0.2, 0.25) is 0 Å². The summed E-state index contributed by atoms with van der Waals surface area (Å²) >= 11 is 6.25. The molecule has 1 aromatic heterocycles. The smallest absolute Gasteiger partial charge is 0.114 e. The van der Waals surface area contributed by atoms with Crippen LogP contribution in [0.4, 0.5) is 0 Å². The summed E-state index contributed by atoms with van der Waals surface area (Å²) in [4.78, 5) is 1.27. The van der Waals surface area contributed by atoms with Gasteiger partial charge in [0.15, 0.2) is 0 Å². The minimum Gasteiger partial charge on any atom is -0.468 e. The van der Waals surface area contributed by atoms with Crippen LogP contribution < -0.4 is 0 Å². The van der Waals surface area contributed by atoms with Gasteiger partial charge in [0, 0.05) is 10.6 Å². The minimum absolute atomic E-state index is 0.725. The molecule has 1 unspecified atom stereocenters. The second-order valence-corrected chi connectivity index (χ2v) is 4.92. The first-order valence-corrected chi connectivity index (χ1v) is 6.67. The first kappa shape index (κ1) is 12.1. The summed E-state index contributed by atoms with van der Waals surface area (Å²) in [5.41, 5.74) is 0. The van der Waals surface area contributed by atoms with E-state index in [4.69, 9.17) is 4.42 Å². The third-order valence-corrected chi connectivity index (χ3v) is 4.13. The highest BCUT2D eigenvalue weighted by Crippen LogP contribution is 2.26. The number of furan rings is 1. The quantitative estimate of drug-likeness (QED) is 0.585. The van der Waals surface area contributed by atoms with Crippen molar-refractivity contribution in [3.63, 3.8) is 0 Å². The van der Waals surface area contributed by atoms with E-state index in [2.05, 4.69) is 19.6 Å². The summed E-state index contributed by atoms with van der Waals surface area (Å²) in [6.45, 7) is 4.24. The van der Waals surface area contributed by atoms with Crippen LogP contribution in [0.1, 0.15) is 25.5 Å². The molecule has 0 aromatic carbocycles. The molecule has 0 fully saturated rings. The van der Waals surface area contributed by atoms with Gasteiger partial charge in [-0.15, -0.1) is 11.8 Å². The Labute approximate surface area is 96.1 Å². The van der Waals surface area contributed by atoms with Crippen molar-refractivity contribution in [3.8, 4) is 0 Å². The molecule has 1 heterocycles. The van der Waals surface area contributed by atoms with Crippen molar-refractivity contribution >= 4 is 24.4 Å². The summed E-state index contributed by atoms with van der Waals surface area (Å²) in [6, 6.07) is 2.04. The zero-order valence-corrected chi connectivity index (χ0v) is 10.5. The Morgan fingerprint density at radius 1 is 1.57 bits per heavy atom. The lowest BCUT2D eigenvalue weighted by Gasteiger charge is -2.11. The molecule has 1 rings (SSSR count). The number of thiol groups is 1. The van der Waals surface area contributed by atoms with Crippen molar-refractivity contribution in [2.24, 2.45) is 5.92 Å². The predicted molar refractivity (Wildman–Crippen MR) is 66.4 cm³/mol. The molecule has 0 radical (unpaired) electrons. The SMILES string of the molecule is CCCC(CS)CSc1ccoc1C. The van der Waals surface area contributed by atoms with Gasteiger partial charge in [-0.25, -0.2) is 0 Å². The number of rotatable bonds is 6. The van der Waals surface area contributed by atoms with E-state index in [9.17, 15) is 0 Å². The maximum atomic E-state index is 5.25. The Morgan fingerprint density at radius 3 is 2.86 bits per heavy atom. The van der Waals surface area contributed by atoms with Gasteiger partial charge >= 0.3 is 0 Å². The summed E-state index contributed by atoms with van der Waals surface area (Å²) in [7, 11) is 0. The molecule has 0 spiro atoms. The van der Waals surface area contributed by atoms with Crippen molar-refractivity contribution in [2.45, 2.75) is 31.6 Å². The van der Waals surface area contributed by atoms with Gasteiger partial charge in [-0.3, -0.25) is 0 Å².